The number of benzene rings is 1. The molecule has 2 rings (SSSR count). The zero-order valence-corrected chi connectivity index (χ0v) is 12.8. The Kier molecular flexibility index (Phi) is 4.67. The highest BCUT2D eigenvalue weighted by molar-refractivity contribution is 5.26. The van der Waals surface area contributed by atoms with Crippen molar-refractivity contribution in [1.82, 2.24) is 0 Å². The summed E-state index contributed by atoms with van der Waals surface area (Å²) in [6.45, 7) is 9.07. The van der Waals surface area contributed by atoms with Crippen molar-refractivity contribution in [2.45, 2.75) is 59.0 Å². The first-order valence-electron chi connectivity index (χ1n) is 7.77. The summed E-state index contributed by atoms with van der Waals surface area (Å²) < 4.78 is 0. The third-order valence-corrected chi connectivity index (χ3v) is 5.03. The highest BCUT2D eigenvalue weighted by Gasteiger charge is 2.29. The van der Waals surface area contributed by atoms with Crippen molar-refractivity contribution in [3.63, 3.8) is 0 Å². The lowest BCUT2D eigenvalue weighted by atomic mass is 9.73. The fourth-order valence-corrected chi connectivity index (χ4v) is 3.23. The first kappa shape index (κ1) is 14.6. The maximum absolute atomic E-state index is 10.6. The molecule has 0 radical (unpaired) electrons. The molecule has 0 heterocycles. The Morgan fingerprint density at radius 3 is 2.05 bits per heavy atom. The van der Waals surface area contributed by atoms with E-state index in [1.165, 1.54) is 18.4 Å². The Balaban J connectivity index is 2.05. The molecule has 0 spiro atoms. The lowest BCUT2D eigenvalue weighted by Crippen LogP contribution is -2.25. The summed E-state index contributed by atoms with van der Waals surface area (Å²) in [6, 6.07) is 8.56. The molecule has 4 unspecified atom stereocenters. The van der Waals surface area contributed by atoms with Gasteiger partial charge in [-0.1, -0.05) is 58.4 Å². The molecular formula is C18H28O. The second kappa shape index (κ2) is 6.09. The van der Waals surface area contributed by atoms with Crippen LogP contribution in [0, 0.1) is 17.8 Å². The molecule has 19 heavy (non-hydrogen) atoms. The molecule has 0 aromatic heterocycles. The van der Waals surface area contributed by atoms with E-state index in [-0.39, 0.29) is 6.10 Å². The number of rotatable bonds is 3. The van der Waals surface area contributed by atoms with Gasteiger partial charge in [0, 0.05) is 0 Å². The third-order valence-electron chi connectivity index (χ3n) is 5.03. The topological polar surface area (TPSA) is 20.2 Å². The molecule has 1 saturated carbocycles. The van der Waals surface area contributed by atoms with Gasteiger partial charge in [0.25, 0.3) is 0 Å². The molecule has 0 amide bonds. The first-order chi connectivity index (χ1) is 8.99. The van der Waals surface area contributed by atoms with E-state index in [9.17, 15) is 5.11 Å². The van der Waals surface area contributed by atoms with Gasteiger partial charge in [0.2, 0.25) is 0 Å². The van der Waals surface area contributed by atoms with Gasteiger partial charge in [-0.25, -0.2) is 0 Å². The summed E-state index contributed by atoms with van der Waals surface area (Å²) in [5.74, 6) is 2.55. The van der Waals surface area contributed by atoms with Gasteiger partial charge in [-0.3, -0.25) is 0 Å². The van der Waals surface area contributed by atoms with Crippen molar-refractivity contribution in [2.75, 3.05) is 0 Å². The van der Waals surface area contributed by atoms with E-state index in [0.717, 1.165) is 23.8 Å². The van der Waals surface area contributed by atoms with E-state index < -0.39 is 0 Å². The fraction of sp³-hybridized carbons (Fsp3) is 0.667. The van der Waals surface area contributed by atoms with Crippen molar-refractivity contribution in [3.8, 4) is 0 Å². The Morgan fingerprint density at radius 1 is 0.947 bits per heavy atom. The largest absolute Gasteiger partial charge is 0.388 e. The summed E-state index contributed by atoms with van der Waals surface area (Å²) >= 11 is 0. The average molecular weight is 260 g/mol. The van der Waals surface area contributed by atoms with Crippen LogP contribution in [0.2, 0.25) is 0 Å². The number of aliphatic hydroxyl groups is 1. The van der Waals surface area contributed by atoms with Crippen LogP contribution < -0.4 is 0 Å². The lowest BCUT2D eigenvalue weighted by molar-refractivity contribution is 0.0561. The van der Waals surface area contributed by atoms with Crippen molar-refractivity contribution in [3.05, 3.63) is 35.4 Å². The highest BCUT2D eigenvalue weighted by Crippen LogP contribution is 2.39. The van der Waals surface area contributed by atoms with Gasteiger partial charge in [-0.15, -0.1) is 0 Å². The third kappa shape index (κ3) is 3.39. The molecule has 0 saturated heterocycles. The minimum atomic E-state index is -0.281. The van der Waals surface area contributed by atoms with Crippen molar-refractivity contribution < 1.29 is 5.11 Å². The first-order valence-corrected chi connectivity index (χ1v) is 7.77. The maximum Gasteiger partial charge on any atom is 0.0818 e. The molecule has 0 bridgehead atoms. The van der Waals surface area contributed by atoms with Gasteiger partial charge in [0.05, 0.1) is 6.10 Å². The van der Waals surface area contributed by atoms with Crippen LogP contribution in [-0.4, -0.2) is 5.11 Å². The van der Waals surface area contributed by atoms with Crippen LogP contribution in [0.1, 0.15) is 70.1 Å². The summed E-state index contributed by atoms with van der Waals surface area (Å²) in [6.07, 6.45) is 3.30. The molecule has 1 aromatic rings. The molecule has 1 nitrogen and oxygen atoms in total. The summed E-state index contributed by atoms with van der Waals surface area (Å²) in [4.78, 5) is 0. The van der Waals surface area contributed by atoms with E-state index in [2.05, 4.69) is 52.0 Å². The predicted octanol–water partition coefficient (Wildman–Crippen LogP) is 4.92. The molecule has 106 valence electrons. The zero-order valence-electron chi connectivity index (χ0n) is 12.8. The summed E-state index contributed by atoms with van der Waals surface area (Å²) in [5, 5.41) is 10.6. The number of aliphatic hydroxyl groups excluding tert-OH is 1. The van der Waals surface area contributed by atoms with Crippen molar-refractivity contribution >= 4 is 0 Å². The fourth-order valence-electron chi connectivity index (χ4n) is 3.23. The SMILES string of the molecule is CC(C)c1ccc(C(O)C2CCC(C)C(C)C2)cc1. The Bertz CT molecular complexity index is 393. The normalized spacial score (nSPS) is 29.5. The molecule has 1 N–H and O–H groups in total. The smallest absolute Gasteiger partial charge is 0.0818 e. The highest BCUT2D eigenvalue weighted by atomic mass is 16.3. The van der Waals surface area contributed by atoms with Gasteiger partial charge >= 0.3 is 0 Å². The van der Waals surface area contributed by atoms with Crippen LogP contribution in [-0.2, 0) is 0 Å². The predicted molar refractivity (Wildman–Crippen MR) is 81.2 cm³/mol. The van der Waals surface area contributed by atoms with Gasteiger partial charge < -0.3 is 5.11 Å². The van der Waals surface area contributed by atoms with Crippen LogP contribution >= 0.6 is 0 Å². The molecular weight excluding hydrogens is 232 g/mol. The van der Waals surface area contributed by atoms with Gasteiger partial charge in [0.1, 0.15) is 0 Å². The minimum Gasteiger partial charge on any atom is -0.388 e. The standard InChI is InChI=1S/C18H28O/c1-12(2)15-7-9-16(10-8-15)18(19)17-6-5-13(3)14(4)11-17/h7-10,12-14,17-19H,5-6,11H2,1-4H3. The van der Waals surface area contributed by atoms with E-state index in [1.807, 2.05) is 0 Å². The van der Waals surface area contributed by atoms with Crippen molar-refractivity contribution in [1.29, 1.82) is 0 Å². The zero-order chi connectivity index (χ0) is 14.0. The van der Waals surface area contributed by atoms with Crippen molar-refractivity contribution in [2.24, 2.45) is 17.8 Å². The molecule has 1 aliphatic rings. The summed E-state index contributed by atoms with van der Waals surface area (Å²) in [7, 11) is 0. The summed E-state index contributed by atoms with van der Waals surface area (Å²) in [5.41, 5.74) is 2.44. The molecule has 1 aliphatic carbocycles. The molecule has 4 atom stereocenters. The number of hydrogen-bond acceptors (Lipinski definition) is 1. The lowest BCUT2D eigenvalue weighted by Gasteiger charge is -2.34. The molecule has 1 heteroatoms. The minimum absolute atomic E-state index is 0.281. The van der Waals surface area contributed by atoms with Crippen LogP contribution in [0.5, 0.6) is 0 Å². The molecule has 0 aliphatic heterocycles. The van der Waals surface area contributed by atoms with Crippen LogP contribution in [0.15, 0.2) is 24.3 Å². The second-order valence-electron chi connectivity index (χ2n) is 6.79. The molecule has 1 fully saturated rings. The van der Waals surface area contributed by atoms with E-state index >= 15 is 0 Å². The molecule has 1 aromatic carbocycles. The van der Waals surface area contributed by atoms with Crippen LogP contribution in [0.4, 0.5) is 0 Å². The quantitative estimate of drug-likeness (QED) is 0.818. The average Bonchev–Trinajstić information content (AvgIpc) is 2.41. The van der Waals surface area contributed by atoms with E-state index in [0.29, 0.717) is 11.8 Å². The van der Waals surface area contributed by atoms with Gasteiger partial charge in [-0.05, 0) is 47.6 Å². The van der Waals surface area contributed by atoms with Gasteiger partial charge in [-0.2, -0.15) is 0 Å². The Hall–Kier alpha value is -0.820. The van der Waals surface area contributed by atoms with Crippen LogP contribution in [0.3, 0.4) is 0 Å². The number of hydrogen-bond donors (Lipinski definition) is 1. The Labute approximate surface area is 118 Å². The second-order valence-corrected chi connectivity index (χ2v) is 6.79. The Morgan fingerprint density at radius 2 is 1.53 bits per heavy atom. The maximum atomic E-state index is 10.6. The van der Waals surface area contributed by atoms with Gasteiger partial charge in [0.15, 0.2) is 0 Å². The monoisotopic (exact) mass is 260 g/mol. The van der Waals surface area contributed by atoms with E-state index in [4.69, 9.17) is 0 Å². The van der Waals surface area contributed by atoms with Crippen LogP contribution in [0.25, 0.3) is 0 Å². The van der Waals surface area contributed by atoms with E-state index in [1.54, 1.807) is 0 Å².